The number of hydrogen-bond acceptors (Lipinski definition) is 5. The van der Waals surface area contributed by atoms with Crippen LogP contribution in [-0.4, -0.2) is 24.6 Å². The Labute approximate surface area is 104 Å². The molecule has 0 saturated heterocycles. The first kappa shape index (κ1) is 13.7. The van der Waals surface area contributed by atoms with Gasteiger partial charge in [0, 0.05) is 12.1 Å². The minimum Gasteiger partial charge on any atom is -0.490 e. The lowest BCUT2D eigenvalue weighted by Crippen LogP contribution is -1.98. The first-order chi connectivity index (χ1) is 8.58. The zero-order chi connectivity index (χ0) is 13.5. The Morgan fingerprint density at radius 2 is 2.22 bits per heavy atom. The van der Waals surface area contributed by atoms with Gasteiger partial charge >= 0.3 is 11.7 Å². The van der Waals surface area contributed by atoms with E-state index in [1.54, 1.807) is 6.92 Å². The maximum Gasteiger partial charge on any atom is 0.330 e. The molecular weight excluding hydrogens is 238 g/mol. The van der Waals surface area contributed by atoms with Crippen molar-refractivity contribution in [2.75, 3.05) is 13.7 Å². The number of nitro benzene ring substituents is 1. The monoisotopic (exact) mass is 251 g/mol. The Bertz CT molecular complexity index is 481. The molecule has 0 N–H and O–H groups in total. The molecule has 0 heterocycles. The molecule has 0 fully saturated rings. The van der Waals surface area contributed by atoms with E-state index in [2.05, 4.69) is 0 Å². The van der Waals surface area contributed by atoms with Crippen LogP contribution in [0.25, 0.3) is 6.08 Å². The molecule has 0 atom stereocenters. The van der Waals surface area contributed by atoms with Gasteiger partial charge in [0.1, 0.15) is 0 Å². The second-order valence-corrected chi connectivity index (χ2v) is 3.27. The Kier molecular flexibility index (Phi) is 4.86. The lowest BCUT2D eigenvalue weighted by Gasteiger charge is -2.02. The summed E-state index contributed by atoms with van der Waals surface area (Å²) in [6.07, 6.45) is 2.76. The molecule has 1 aromatic rings. The van der Waals surface area contributed by atoms with Gasteiger partial charge in [0.05, 0.1) is 18.6 Å². The summed E-state index contributed by atoms with van der Waals surface area (Å²) in [6.45, 7) is 2.01. The number of carbonyl (C=O) groups is 1. The zero-order valence-electron chi connectivity index (χ0n) is 10.1. The van der Waals surface area contributed by atoms with Crippen molar-refractivity contribution in [2.45, 2.75) is 6.92 Å². The van der Waals surface area contributed by atoms with Gasteiger partial charge in [-0.3, -0.25) is 10.1 Å². The molecule has 6 nitrogen and oxygen atoms in total. The van der Waals surface area contributed by atoms with Crippen molar-refractivity contribution in [3.63, 3.8) is 0 Å². The Morgan fingerprint density at radius 1 is 1.50 bits per heavy atom. The smallest absolute Gasteiger partial charge is 0.330 e. The molecule has 96 valence electrons. The van der Waals surface area contributed by atoms with Crippen LogP contribution in [0.3, 0.4) is 0 Å². The molecule has 1 rings (SSSR count). The Hall–Kier alpha value is -2.37. The number of nitrogens with zero attached hydrogens (tertiary/aromatic N) is 1. The minimum absolute atomic E-state index is 0.120. The standard InChI is InChI=1S/C12H13NO5/c1-3-18-12(14)7-5-9-4-6-10(13(15)16)11(8-9)17-2/h4-8H,3H2,1-2H3/b7-5+. The van der Waals surface area contributed by atoms with Crippen molar-refractivity contribution in [1.82, 2.24) is 0 Å². The number of carbonyl (C=O) groups excluding carboxylic acids is 1. The van der Waals surface area contributed by atoms with Gasteiger partial charge in [-0.15, -0.1) is 0 Å². The van der Waals surface area contributed by atoms with Gasteiger partial charge in [-0.05, 0) is 30.7 Å². The van der Waals surface area contributed by atoms with Gasteiger partial charge in [-0.25, -0.2) is 4.79 Å². The van der Waals surface area contributed by atoms with E-state index < -0.39 is 10.9 Å². The average Bonchev–Trinajstić information content (AvgIpc) is 2.36. The number of rotatable bonds is 5. The van der Waals surface area contributed by atoms with E-state index in [4.69, 9.17) is 9.47 Å². The van der Waals surface area contributed by atoms with Crippen LogP contribution in [-0.2, 0) is 9.53 Å². The summed E-state index contributed by atoms with van der Waals surface area (Å²) in [6, 6.07) is 4.33. The topological polar surface area (TPSA) is 78.7 Å². The molecule has 0 spiro atoms. The van der Waals surface area contributed by atoms with Gasteiger partial charge in [-0.1, -0.05) is 0 Å². The maximum absolute atomic E-state index is 11.1. The molecule has 0 aromatic heterocycles. The highest BCUT2D eigenvalue weighted by atomic mass is 16.6. The van der Waals surface area contributed by atoms with E-state index in [0.717, 1.165) is 0 Å². The normalized spacial score (nSPS) is 10.3. The predicted octanol–water partition coefficient (Wildman–Crippen LogP) is 2.18. The molecule has 0 aliphatic carbocycles. The highest BCUT2D eigenvalue weighted by molar-refractivity contribution is 5.87. The Morgan fingerprint density at radius 3 is 2.78 bits per heavy atom. The van der Waals surface area contributed by atoms with Gasteiger partial charge in [-0.2, -0.15) is 0 Å². The van der Waals surface area contributed by atoms with Crippen molar-refractivity contribution < 1.29 is 19.2 Å². The fourth-order valence-electron chi connectivity index (χ4n) is 1.30. The highest BCUT2D eigenvalue weighted by Crippen LogP contribution is 2.27. The van der Waals surface area contributed by atoms with E-state index in [1.165, 1.54) is 37.5 Å². The SMILES string of the molecule is CCOC(=O)/C=C/c1ccc([N+](=O)[O-])c(OC)c1. The molecule has 0 saturated carbocycles. The summed E-state index contributed by atoms with van der Waals surface area (Å²) in [7, 11) is 1.35. The third kappa shape index (κ3) is 3.58. The first-order valence-corrected chi connectivity index (χ1v) is 5.25. The summed E-state index contributed by atoms with van der Waals surface area (Å²) >= 11 is 0. The summed E-state index contributed by atoms with van der Waals surface area (Å²) in [5.74, 6) is -0.319. The van der Waals surface area contributed by atoms with Gasteiger partial charge in [0.15, 0.2) is 5.75 Å². The van der Waals surface area contributed by atoms with Gasteiger partial charge < -0.3 is 9.47 Å². The maximum atomic E-state index is 11.1. The molecule has 0 unspecified atom stereocenters. The lowest BCUT2D eigenvalue weighted by atomic mass is 10.2. The predicted molar refractivity (Wildman–Crippen MR) is 65.3 cm³/mol. The third-order valence-electron chi connectivity index (χ3n) is 2.10. The molecule has 1 aromatic carbocycles. The van der Waals surface area contributed by atoms with Crippen molar-refractivity contribution >= 4 is 17.7 Å². The van der Waals surface area contributed by atoms with E-state index in [1.807, 2.05) is 0 Å². The van der Waals surface area contributed by atoms with Crippen LogP contribution in [0.4, 0.5) is 5.69 Å². The van der Waals surface area contributed by atoms with Crippen LogP contribution in [0.5, 0.6) is 5.75 Å². The summed E-state index contributed by atoms with van der Waals surface area (Å²) in [5, 5.41) is 10.7. The number of nitro groups is 1. The lowest BCUT2D eigenvalue weighted by molar-refractivity contribution is -0.385. The van der Waals surface area contributed by atoms with E-state index in [0.29, 0.717) is 12.2 Å². The summed E-state index contributed by atoms with van der Waals surface area (Å²) in [5.41, 5.74) is 0.497. The van der Waals surface area contributed by atoms with Crippen LogP contribution in [0.15, 0.2) is 24.3 Å². The molecule has 6 heteroatoms. The second-order valence-electron chi connectivity index (χ2n) is 3.27. The molecule has 0 amide bonds. The van der Waals surface area contributed by atoms with Crippen LogP contribution in [0.2, 0.25) is 0 Å². The minimum atomic E-state index is -0.530. The van der Waals surface area contributed by atoms with Gasteiger partial charge in [0.2, 0.25) is 0 Å². The van der Waals surface area contributed by atoms with Crippen LogP contribution < -0.4 is 4.74 Å². The summed E-state index contributed by atoms with van der Waals surface area (Å²) < 4.78 is 9.63. The fraction of sp³-hybridized carbons (Fsp3) is 0.250. The second kappa shape index (κ2) is 6.39. The number of ether oxygens (including phenoxy) is 2. The molecule has 0 bridgehead atoms. The number of esters is 1. The Balaban J connectivity index is 2.92. The van der Waals surface area contributed by atoms with Crippen LogP contribution in [0, 0.1) is 10.1 Å². The fourth-order valence-corrected chi connectivity index (χ4v) is 1.30. The molecule has 0 radical (unpaired) electrons. The van der Waals surface area contributed by atoms with Crippen LogP contribution >= 0.6 is 0 Å². The molecule has 0 aliphatic heterocycles. The quantitative estimate of drug-likeness (QED) is 0.347. The molecule has 18 heavy (non-hydrogen) atoms. The largest absolute Gasteiger partial charge is 0.490 e. The van der Waals surface area contributed by atoms with E-state index in [-0.39, 0.29) is 11.4 Å². The molecule has 0 aliphatic rings. The summed E-state index contributed by atoms with van der Waals surface area (Å²) in [4.78, 5) is 21.2. The first-order valence-electron chi connectivity index (χ1n) is 5.25. The van der Waals surface area contributed by atoms with Crippen molar-refractivity contribution in [3.8, 4) is 5.75 Å². The molecular formula is C12H13NO5. The highest BCUT2D eigenvalue weighted by Gasteiger charge is 2.13. The van der Waals surface area contributed by atoms with Crippen molar-refractivity contribution in [1.29, 1.82) is 0 Å². The van der Waals surface area contributed by atoms with Crippen LogP contribution in [0.1, 0.15) is 12.5 Å². The van der Waals surface area contributed by atoms with Crippen molar-refractivity contribution in [2.24, 2.45) is 0 Å². The van der Waals surface area contributed by atoms with E-state index >= 15 is 0 Å². The van der Waals surface area contributed by atoms with Crippen molar-refractivity contribution in [3.05, 3.63) is 40.0 Å². The number of benzene rings is 1. The van der Waals surface area contributed by atoms with E-state index in [9.17, 15) is 14.9 Å². The number of hydrogen-bond donors (Lipinski definition) is 0. The third-order valence-corrected chi connectivity index (χ3v) is 2.10. The number of methoxy groups -OCH3 is 1. The zero-order valence-corrected chi connectivity index (χ0v) is 10.1. The van der Waals surface area contributed by atoms with Gasteiger partial charge in [0.25, 0.3) is 0 Å². The average molecular weight is 251 g/mol.